The normalized spacial score (nSPS) is 12.7. The predicted molar refractivity (Wildman–Crippen MR) is 77.8 cm³/mol. The molecule has 0 saturated carbocycles. The molecule has 0 saturated heterocycles. The summed E-state index contributed by atoms with van der Waals surface area (Å²) in [5.74, 6) is 0.0677. The molecule has 0 aliphatic rings. The number of hydrogen-bond donors (Lipinski definition) is 0. The summed E-state index contributed by atoms with van der Waals surface area (Å²) in [4.78, 5) is 0.754. The second kappa shape index (κ2) is 6.39. The van der Waals surface area contributed by atoms with Gasteiger partial charge in [-0.05, 0) is 28.1 Å². The van der Waals surface area contributed by atoms with E-state index in [-0.39, 0.29) is 5.75 Å². The van der Waals surface area contributed by atoms with Crippen LogP contribution in [-0.2, 0) is 0 Å². The summed E-state index contributed by atoms with van der Waals surface area (Å²) in [5.41, 5.74) is 0.481. The molecular weight excluding hydrogens is 381 g/mol. The molecule has 1 aromatic carbocycles. The molecular formula is C12H7BrCl2F2OS. The molecule has 102 valence electrons. The monoisotopic (exact) mass is 386 g/mol. The first-order chi connectivity index (χ1) is 8.99. The van der Waals surface area contributed by atoms with Crippen molar-refractivity contribution in [3.63, 3.8) is 0 Å². The van der Waals surface area contributed by atoms with Gasteiger partial charge >= 0.3 is 6.61 Å². The molecule has 1 heterocycles. The zero-order valence-electron chi connectivity index (χ0n) is 9.25. The van der Waals surface area contributed by atoms with Gasteiger partial charge in [0.1, 0.15) is 5.75 Å². The molecule has 0 N–H and O–H groups in total. The molecule has 0 bridgehead atoms. The van der Waals surface area contributed by atoms with E-state index in [2.05, 4.69) is 20.7 Å². The molecule has 0 aliphatic heterocycles. The Balaban J connectivity index is 2.35. The van der Waals surface area contributed by atoms with Gasteiger partial charge in [-0.15, -0.1) is 22.9 Å². The van der Waals surface area contributed by atoms with E-state index in [9.17, 15) is 8.78 Å². The van der Waals surface area contributed by atoms with Gasteiger partial charge in [0.15, 0.2) is 0 Å². The van der Waals surface area contributed by atoms with E-state index < -0.39 is 12.0 Å². The number of thiophene rings is 1. The van der Waals surface area contributed by atoms with E-state index in [4.69, 9.17) is 23.2 Å². The first kappa shape index (κ1) is 15.0. The van der Waals surface area contributed by atoms with Crippen molar-refractivity contribution in [2.45, 2.75) is 12.0 Å². The van der Waals surface area contributed by atoms with Gasteiger partial charge in [-0.3, -0.25) is 0 Å². The Kier molecular flexibility index (Phi) is 5.06. The zero-order valence-corrected chi connectivity index (χ0v) is 13.2. The number of rotatable bonds is 4. The van der Waals surface area contributed by atoms with Crippen LogP contribution in [0.5, 0.6) is 5.75 Å². The van der Waals surface area contributed by atoms with Crippen LogP contribution in [0.15, 0.2) is 34.1 Å². The third-order valence-corrected chi connectivity index (χ3v) is 5.46. The lowest BCUT2D eigenvalue weighted by atomic mass is 10.1. The van der Waals surface area contributed by atoms with Crippen LogP contribution in [0.4, 0.5) is 8.78 Å². The maximum Gasteiger partial charge on any atom is 0.387 e. The molecule has 1 atom stereocenters. The first-order valence-electron chi connectivity index (χ1n) is 5.11. The molecule has 0 amide bonds. The maximum atomic E-state index is 12.3. The van der Waals surface area contributed by atoms with Crippen molar-refractivity contribution in [1.29, 1.82) is 0 Å². The second-order valence-electron chi connectivity index (χ2n) is 3.55. The van der Waals surface area contributed by atoms with E-state index >= 15 is 0 Å². The summed E-state index contributed by atoms with van der Waals surface area (Å²) in [6, 6.07) is 8.14. The van der Waals surface area contributed by atoms with Crippen LogP contribution >= 0.6 is 50.5 Å². The van der Waals surface area contributed by atoms with Crippen molar-refractivity contribution in [3.05, 3.63) is 49.6 Å². The SMILES string of the molecule is FC(F)Oc1ccccc1C(Cl)c1cc(Cl)c(Br)s1. The van der Waals surface area contributed by atoms with Gasteiger partial charge in [0, 0.05) is 10.4 Å². The first-order valence-corrected chi connectivity index (χ1v) is 7.54. The lowest BCUT2D eigenvalue weighted by Gasteiger charge is -2.13. The molecule has 1 nitrogen and oxygen atoms in total. The Hall–Kier alpha value is -0.360. The van der Waals surface area contributed by atoms with Gasteiger partial charge in [-0.25, -0.2) is 0 Å². The minimum absolute atomic E-state index is 0.0677. The Morgan fingerprint density at radius 3 is 2.53 bits per heavy atom. The van der Waals surface area contributed by atoms with E-state index in [1.54, 1.807) is 24.3 Å². The minimum atomic E-state index is -2.89. The molecule has 19 heavy (non-hydrogen) atoms. The van der Waals surface area contributed by atoms with Gasteiger partial charge < -0.3 is 4.74 Å². The minimum Gasteiger partial charge on any atom is -0.434 e. The van der Waals surface area contributed by atoms with Crippen LogP contribution in [0.25, 0.3) is 0 Å². The average Bonchev–Trinajstić information content (AvgIpc) is 2.69. The number of halogens is 5. The Labute approximate surface area is 131 Å². The standard InChI is InChI=1S/C12H7BrCl2F2OS/c13-11-7(14)5-9(19-11)10(15)6-3-1-2-4-8(6)18-12(16)17/h1-5,10,12H. The van der Waals surface area contributed by atoms with Gasteiger partial charge in [-0.1, -0.05) is 29.8 Å². The number of benzene rings is 1. The van der Waals surface area contributed by atoms with E-state index in [1.165, 1.54) is 17.4 Å². The molecule has 0 spiro atoms. The summed E-state index contributed by atoms with van der Waals surface area (Å²) >= 11 is 16.9. The fourth-order valence-electron chi connectivity index (χ4n) is 1.53. The molecule has 2 rings (SSSR count). The zero-order chi connectivity index (χ0) is 14.0. The molecule has 0 aliphatic carbocycles. The number of ether oxygens (including phenoxy) is 1. The lowest BCUT2D eigenvalue weighted by molar-refractivity contribution is -0.0504. The number of hydrogen-bond acceptors (Lipinski definition) is 2. The Morgan fingerprint density at radius 2 is 1.95 bits per heavy atom. The number of para-hydroxylation sites is 1. The smallest absolute Gasteiger partial charge is 0.387 e. The molecule has 1 unspecified atom stereocenters. The van der Waals surface area contributed by atoms with Crippen LogP contribution in [0.2, 0.25) is 5.02 Å². The molecule has 7 heteroatoms. The van der Waals surface area contributed by atoms with Crippen molar-refractivity contribution in [3.8, 4) is 5.75 Å². The van der Waals surface area contributed by atoms with Crippen LogP contribution in [0.3, 0.4) is 0 Å². The third kappa shape index (κ3) is 3.60. The fraction of sp³-hybridized carbons (Fsp3) is 0.167. The largest absolute Gasteiger partial charge is 0.434 e. The molecule has 0 radical (unpaired) electrons. The highest BCUT2D eigenvalue weighted by molar-refractivity contribution is 9.11. The lowest BCUT2D eigenvalue weighted by Crippen LogP contribution is -2.05. The summed E-state index contributed by atoms with van der Waals surface area (Å²) in [6.45, 7) is -2.89. The van der Waals surface area contributed by atoms with E-state index in [0.717, 1.165) is 8.66 Å². The summed E-state index contributed by atoms with van der Waals surface area (Å²) in [7, 11) is 0. The van der Waals surface area contributed by atoms with Crippen LogP contribution < -0.4 is 4.74 Å². The highest BCUT2D eigenvalue weighted by Gasteiger charge is 2.20. The van der Waals surface area contributed by atoms with Crippen molar-refractivity contribution in [2.75, 3.05) is 0 Å². The van der Waals surface area contributed by atoms with Crippen molar-refractivity contribution in [1.82, 2.24) is 0 Å². The van der Waals surface area contributed by atoms with Gasteiger partial charge in [0.05, 0.1) is 14.2 Å². The highest BCUT2D eigenvalue weighted by atomic mass is 79.9. The predicted octanol–water partition coefficient (Wildman–Crippen LogP) is 6.09. The van der Waals surface area contributed by atoms with E-state index in [0.29, 0.717) is 10.6 Å². The molecule has 0 fully saturated rings. The topological polar surface area (TPSA) is 9.23 Å². The Bertz CT molecular complexity index is 557. The van der Waals surface area contributed by atoms with Gasteiger partial charge in [0.25, 0.3) is 0 Å². The van der Waals surface area contributed by atoms with E-state index in [1.807, 2.05) is 0 Å². The molecule has 1 aromatic heterocycles. The quantitative estimate of drug-likeness (QED) is 0.576. The summed E-state index contributed by atoms with van der Waals surface area (Å²) in [6.07, 6.45) is 0. The highest BCUT2D eigenvalue weighted by Crippen LogP contribution is 2.42. The average molecular weight is 388 g/mol. The fourth-order valence-corrected chi connectivity index (χ4v) is 3.66. The van der Waals surface area contributed by atoms with Crippen molar-refractivity contribution < 1.29 is 13.5 Å². The summed E-state index contributed by atoms with van der Waals surface area (Å²) in [5, 5.41) is -0.0540. The Morgan fingerprint density at radius 1 is 1.26 bits per heavy atom. The molecule has 2 aromatic rings. The number of alkyl halides is 3. The van der Waals surface area contributed by atoms with Crippen LogP contribution in [0, 0.1) is 0 Å². The summed E-state index contributed by atoms with van der Waals surface area (Å²) < 4.78 is 29.9. The maximum absolute atomic E-state index is 12.3. The third-order valence-electron chi connectivity index (χ3n) is 2.32. The van der Waals surface area contributed by atoms with Crippen LogP contribution in [0.1, 0.15) is 15.8 Å². The van der Waals surface area contributed by atoms with Crippen molar-refractivity contribution >= 4 is 50.5 Å². The van der Waals surface area contributed by atoms with Crippen molar-refractivity contribution in [2.24, 2.45) is 0 Å². The van der Waals surface area contributed by atoms with Crippen LogP contribution in [-0.4, -0.2) is 6.61 Å². The van der Waals surface area contributed by atoms with Gasteiger partial charge in [0.2, 0.25) is 0 Å². The second-order valence-corrected chi connectivity index (χ2v) is 6.79. The van der Waals surface area contributed by atoms with Gasteiger partial charge in [-0.2, -0.15) is 8.78 Å².